The van der Waals surface area contributed by atoms with Crippen molar-refractivity contribution in [1.29, 1.82) is 0 Å². The molecule has 1 atom stereocenters. The average molecular weight is 235 g/mol. The number of carbonyl (C=O) groups excluding carboxylic acids is 1. The number of thiophene rings is 1. The summed E-state index contributed by atoms with van der Waals surface area (Å²) in [5, 5.41) is 11.5. The van der Waals surface area contributed by atoms with Gasteiger partial charge in [0.2, 0.25) is 5.91 Å². The van der Waals surface area contributed by atoms with Gasteiger partial charge in [-0.25, -0.2) is 5.06 Å². The van der Waals surface area contributed by atoms with E-state index >= 15 is 0 Å². The molecule has 3 nitrogen and oxygen atoms in total. The maximum absolute atomic E-state index is 11.1. The fourth-order valence-electron chi connectivity index (χ4n) is 1.60. The Hall–Kier alpha value is -1.39. The number of hydrogen-bond donors (Lipinski definition) is 1. The lowest BCUT2D eigenvalue weighted by molar-refractivity contribution is -0.172. The minimum absolute atomic E-state index is 0.296. The van der Waals surface area contributed by atoms with Crippen LogP contribution in [0.15, 0.2) is 30.3 Å². The monoisotopic (exact) mass is 235 g/mol. The van der Waals surface area contributed by atoms with Gasteiger partial charge < -0.3 is 0 Å². The zero-order valence-electron chi connectivity index (χ0n) is 9.18. The summed E-state index contributed by atoms with van der Waals surface area (Å²) >= 11 is 1.60. The van der Waals surface area contributed by atoms with E-state index in [2.05, 4.69) is 0 Å². The molecule has 84 valence electrons. The number of amides is 1. The molecule has 0 radical (unpaired) electrons. The van der Waals surface area contributed by atoms with Crippen molar-refractivity contribution in [2.24, 2.45) is 0 Å². The molecule has 4 heteroatoms. The maximum atomic E-state index is 11.1. The lowest BCUT2D eigenvalue weighted by Crippen LogP contribution is -2.27. The number of carbonyl (C=O) groups is 1. The zero-order chi connectivity index (χ0) is 11.7. The molecule has 1 aromatic heterocycles. The lowest BCUT2D eigenvalue weighted by Gasteiger charge is -2.19. The number of hydroxylamine groups is 2. The Labute approximate surface area is 97.9 Å². The van der Waals surface area contributed by atoms with Crippen molar-refractivity contribution in [1.82, 2.24) is 5.06 Å². The number of benzene rings is 1. The summed E-state index contributed by atoms with van der Waals surface area (Å²) < 4.78 is 1.17. The molecule has 0 aliphatic heterocycles. The van der Waals surface area contributed by atoms with Crippen molar-refractivity contribution >= 4 is 27.3 Å². The van der Waals surface area contributed by atoms with Crippen molar-refractivity contribution in [3.05, 3.63) is 35.2 Å². The van der Waals surface area contributed by atoms with E-state index in [0.29, 0.717) is 0 Å². The van der Waals surface area contributed by atoms with Crippen molar-refractivity contribution < 1.29 is 10.0 Å². The smallest absolute Gasteiger partial charge is 0.243 e. The van der Waals surface area contributed by atoms with Crippen molar-refractivity contribution in [2.75, 3.05) is 0 Å². The van der Waals surface area contributed by atoms with Crippen molar-refractivity contribution in [3.8, 4) is 0 Å². The predicted octanol–water partition coefficient (Wildman–Crippen LogP) is 3.20. The molecule has 1 N–H and O–H groups in total. The third-order valence-corrected chi connectivity index (χ3v) is 3.83. The second-order valence-electron chi connectivity index (χ2n) is 3.73. The number of nitrogens with zero attached hydrogens (tertiary/aromatic N) is 1. The molecule has 0 saturated heterocycles. The molecule has 16 heavy (non-hydrogen) atoms. The largest absolute Gasteiger partial charge is 0.285 e. The van der Waals surface area contributed by atoms with Gasteiger partial charge in [-0.05, 0) is 24.4 Å². The highest BCUT2D eigenvalue weighted by molar-refractivity contribution is 7.19. The average Bonchev–Trinajstić information content (AvgIpc) is 2.70. The second-order valence-corrected chi connectivity index (χ2v) is 4.84. The standard InChI is InChI=1S/C12H13NO2S/c1-8(13(15)9(2)14)12-7-10-5-3-4-6-11(10)16-12/h3-8,15H,1-2H3/t8-/m0/s1. The van der Waals surface area contributed by atoms with Crippen LogP contribution < -0.4 is 0 Å². The van der Waals surface area contributed by atoms with Gasteiger partial charge in [0.15, 0.2) is 0 Å². The highest BCUT2D eigenvalue weighted by Crippen LogP contribution is 2.31. The summed E-state index contributed by atoms with van der Waals surface area (Å²) in [6.07, 6.45) is 0. The van der Waals surface area contributed by atoms with Crippen LogP contribution in [0.1, 0.15) is 24.8 Å². The van der Waals surface area contributed by atoms with Crippen LogP contribution in [-0.2, 0) is 4.79 Å². The summed E-state index contributed by atoms with van der Waals surface area (Å²) in [7, 11) is 0. The Morgan fingerprint density at radius 2 is 2.12 bits per heavy atom. The van der Waals surface area contributed by atoms with E-state index in [9.17, 15) is 10.0 Å². The summed E-state index contributed by atoms with van der Waals surface area (Å²) in [5.41, 5.74) is 0. The van der Waals surface area contributed by atoms with Gasteiger partial charge in [-0.15, -0.1) is 11.3 Å². The number of rotatable bonds is 2. The van der Waals surface area contributed by atoms with E-state index in [4.69, 9.17) is 0 Å². The molecule has 0 saturated carbocycles. The molecule has 2 rings (SSSR count). The van der Waals surface area contributed by atoms with Crippen LogP contribution in [0, 0.1) is 0 Å². The summed E-state index contributed by atoms with van der Waals surface area (Å²) in [6, 6.07) is 9.73. The first-order chi connectivity index (χ1) is 7.59. The fraction of sp³-hybridized carbons (Fsp3) is 0.250. The van der Waals surface area contributed by atoms with Crippen molar-refractivity contribution in [3.63, 3.8) is 0 Å². The van der Waals surface area contributed by atoms with E-state index in [1.54, 1.807) is 11.3 Å². The molecular formula is C12H13NO2S. The van der Waals surface area contributed by atoms with Crippen LogP contribution in [0.2, 0.25) is 0 Å². The maximum Gasteiger partial charge on any atom is 0.243 e. The topological polar surface area (TPSA) is 40.5 Å². The van der Waals surface area contributed by atoms with Gasteiger partial charge in [0.25, 0.3) is 0 Å². The van der Waals surface area contributed by atoms with Crippen LogP contribution in [0.25, 0.3) is 10.1 Å². The van der Waals surface area contributed by atoms with Crippen LogP contribution in [0.5, 0.6) is 0 Å². The fourth-order valence-corrected chi connectivity index (χ4v) is 2.70. The van der Waals surface area contributed by atoms with Gasteiger partial charge in [-0.3, -0.25) is 10.0 Å². The first-order valence-electron chi connectivity index (χ1n) is 5.06. The summed E-state index contributed by atoms with van der Waals surface area (Å²) in [4.78, 5) is 12.0. The van der Waals surface area contributed by atoms with Gasteiger partial charge in [0, 0.05) is 16.5 Å². The molecular weight excluding hydrogens is 222 g/mol. The van der Waals surface area contributed by atoms with Gasteiger partial charge in [0.1, 0.15) is 0 Å². The minimum atomic E-state index is -0.343. The van der Waals surface area contributed by atoms with Crippen LogP contribution in [-0.4, -0.2) is 16.2 Å². The predicted molar refractivity (Wildman–Crippen MR) is 64.5 cm³/mol. The normalized spacial score (nSPS) is 12.7. The first kappa shape index (κ1) is 11.1. The Balaban J connectivity index is 2.36. The Kier molecular flexibility index (Phi) is 2.94. The third-order valence-electron chi connectivity index (χ3n) is 2.55. The highest BCUT2D eigenvalue weighted by Gasteiger charge is 2.18. The second kappa shape index (κ2) is 4.23. The Morgan fingerprint density at radius 3 is 2.75 bits per heavy atom. The zero-order valence-corrected chi connectivity index (χ0v) is 9.99. The molecule has 2 aromatic rings. The van der Waals surface area contributed by atoms with Crippen LogP contribution in [0.3, 0.4) is 0 Å². The SMILES string of the molecule is CC(=O)N(O)[C@@H](C)c1cc2ccccc2s1. The molecule has 1 amide bonds. The van der Waals surface area contributed by atoms with Gasteiger partial charge in [-0.1, -0.05) is 18.2 Å². The molecule has 0 spiro atoms. The van der Waals surface area contributed by atoms with E-state index in [0.717, 1.165) is 15.3 Å². The van der Waals surface area contributed by atoms with E-state index in [1.165, 1.54) is 11.6 Å². The quantitative estimate of drug-likeness (QED) is 0.641. The molecule has 0 aliphatic carbocycles. The van der Waals surface area contributed by atoms with E-state index < -0.39 is 0 Å². The van der Waals surface area contributed by atoms with Crippen molar-refractivity contribution in [2.45, 2.75) is 19.9 Å². The van der Waals surface area contributed by atoms with Gasteiger partial charge >= 0.3 is 0 Å². The van der Waals surface area contributed by atoms with E-state index in [-0.39, 0.29) is 11.9 Å². The number of fused-ring (bicyclic) bond motifs is 1. The first-order valence-corrected chi connectivity index (χ1v) is 5.88. The molecule has 0 unspecified atom stereocenters. The van der Waals surface area contributed by atoms with Gasteiger partial charge in [0.05, 0.1) is 6.04 Å². The van der Waals surface area contributed by atoms with Crippen LogP contribution >= 0.6 is 11.3 Å². The Morgan fingerprint density at radius 1 is 1.44 bits per heavy atom. The Bertz CT molecular complexity index is 487. The van der Waals surface area contributed by atoms with E-state index in [1.807, 2.05) is 37.3 Å². The highest BCUT2D eigenvalue weighted by atomic mass is 32.1. The molecule has 0 aliphatic rings. The molecule has 0 bridgehead atoms. The third kappa shape index (κ3) is 1.94. The molecule has 1 heterocycles. The molecule has 1 aromatic carbocycles. The minimum Gasteiger partial charge on any atom is -0.285 e. The molecule has 0 fully saturated rings. The van der Waals surface area contributed by atoms with Gasteiger partial charge in [-0.2, -0.15) is 0 Å². The van der Waals surface area contributed by atoms with Crippen LogP contribution in [0.4, 0.5) is 0 Å². The summed E-state index contributed by atoms with van der Waals surface area (Å²) in [6.45, 7) is 3.16. The number of hydrogen-bond acceptors (Lipinski definition) is 3. The summed E-state index contributed by atoms with van der Waals surface area (Å²) in [5.74, 6) is -0.343. The lowest BCUT2D eigenvalue weighted by atomic mass is 10.2.